The molecule has 0 amide bonds. The minimum Gasteiger partial charge on any atom is -0.0588 e. The van der Waals surface area contributed by atoms with Gasteiger partial charge in [-0.15, -0.1) is 0 Å². The lowest BCUT2D eigenvalue weighted by atomic mass is 9.12. The Morgan fingerprint density at radius 1 is 0.227 bits per heavy atom. The van der Waals surface area contributed by atoms with Crippen molar-refractivity contribution in [3.05, 3.63) is 0 Å². The van der Waals surface area contributed by atoms with Gasteiger partial charge in [0, 0.05) is 0 Å². The first-order valence-corrected chi connectivity index (χ1v) is 9.25. The largest absolute Gasteiger partial charge is 0.0588 e. The van der Waals surface area contributed by atoms with Crippen molar-refractivity contribution >= 4 is 0 Å². The smallest absolute Gasteiger partial charge is 0.0148 e. The van der Waals surface area contributed by atoms with E-state index in [1.54, 1.807) is 0 Å². The predicted octanol–water partition coefficient (Wildman–Crippen LogP) is 7.18. The molecule has 0 radical (unpaired) electrons. The van der Waals surface area contributed by atoms with Gasteiger partial charge in [-0.1, -0.05) is 96.9 Å². The molecule has 0 heteroatoms. The van der Waals surface area contributed by atoms with Crippen molar-refractivity contribution in [2.24, 2.45) is 43.3 Å². The van der Waals surface area contributed by atoms with Crippen molar-refractivity contribution in [1.82, 2.24) is 0 Å². The van der Waals surface area contributed by atoms with Crippen LogP contribution in [0.15, 0.2) is 0 Å². The standard InChI is InChI=1S/C22H42/c1-15(2)16(3,4)18(7,8)22(14)20(11,12)19(9,10)21(22,13)17(15,5)6/h1-14H3. The first-order valence-electron chi connectivity index (χ1n) is 9.25. The summed E-state index contributed by atoms with van der Waals surface area (Å²) >= 11 is 0. The summed E-state index contributed by atoms with van der Waals surface area (Å²) in [6, 6.07) is 0. The summed E-state index contributed by atoms with van der Waals surface area (Å²) in [6.45, 7) is 35.7. The molecule has 0 N–H and O–H groups in total. The Hall–Kier alpha value is 0. The Morgan fingerprint density at radius 3 is 0.545 bits per heavy atom. The molecule has 2 rings (SSSR count). The van der Waals surface area contributed by atoms with E-state index in [1.807, 2.05) is 0 Å². The number of rotatable bonds is 0. The van der Waals surface area contributed by atoms with Gasteiger partial charge in [0.25, 0.3) is 0 Å². The van der Waals surface area contributed by atoms with Crippen LogP contribution in [0.2, 0.25) is 0 Å². The van der Waals surface area contributed by atoms with Crippen molar-refractivity contribution in [2.45, 2.75) is 96.9 Å². The molecule has 2 atom stereocenters. The third-order valence-electron chi connectivity index (χ3n) is 12.2. The van der Waals surface area contributed by atoms with E-state index in [0.717, 1.165) is 0 Å². The van der Waals surface area contributed by atoms with E-state index < -0.39 is 0 Å². The summed E-state index contributed by atoms with van der Waals surface area (Å²) < 4.78 is 0. The minimum absolute atomic E-state index is 0.269. The Balaban J connectivity index is 2.95. The van der Waals surface area contributed by atoms with Gasteiger partial charge in [-0.3, -0.25) is 0 Å². The second-order valence-electron chi connectivity index (χ2n) is 12.0. The van der Waals surface area contributed by atoms with E-state index in [2.05, 4.69) is 96.9 Å². The summed E-state index contributed by atoms with van der Waals surface area (Å²) in [4.78, 5) is 0. The van der Waals surface area contributed by atoms with Gasteiger partial charge in [-0.05, 0) is 43.3 Å². The highest BCUT2D eigenvalue weighted by molar-refractivity contribution is 5.35. The monoisotopic (exact) mass is 306 g/mol. The summed E-state index contributed by atoms with van der Waals surface area (Å²) in [6.07, 6.45) is 0. The molecule has 0 saturated heterocycles. The Bertz CT molecular complexity index is 464. The fourth-order valence-electron chi connectivity index (χ4n) is 8.06. The highest BCUT2D eigenvalue weighted by atomic mass is 14.9. The summed E-state index contributed by atoms with van der Waals surface area (Å²) in [5.74, 6) is 0. The number of hydrogen-bond donors (Lipinski definition) is 0. The first-order chi connectivity index (χ1) is 9.25. The molecule has 0 heterocycles. The van der Waals surface area contributed by atoms with Gasteiger partial charge in [0.15, 0.2) is 0 Å². The zero-order valence-electron chi connectivity index (χ0n) is 18.0. The van der Waals surface area contributed by atoms with Crippen LogP contribution < -0.4 is 0 Å². The number of hydrogen-bond acceptors (Lipinski definition) is 0. The average molecular weight is 307 g/mol. The highest BCUT2D eigenvalue weighted by Crippen LogP contribution is 2.93. The summed E-state index contributed by atoms with van der Waals surface area (Å²) in [5.41, 5.74) is 2.33. The van der Waals surface area contributed by atoms with Crippen molar-refractivity contribution < 1.29 is 0 Å². The molecule has 2 fully saturated rings. The lowest BCUT2D eigenvalue weighted by Crippen LogP contribution is -2.87. The van der Waals surface area contributed by atoms with Crippen molar-refractivity contribution in [3.8, 4) is 0 Å². The SMILES string of the molecule is CC1(C)C(C)(C)C(C)(C)C2(C)C(C)(C)C(C)(C)C2(C)C1(C)C. The third-order valence-corrected chi connectivity index (χ3v) is 12.2. The van der Waals surface area contributed by atoms with Gasteiger partial charge < -0.3 is 0 Å². The zero-order valence-corrected chi connectivity index (χ0v) is 18.0. The van der Waals surface area contributed by atoms with Crippen molar-refractivity contribution in [1.29, 1.82) is 0 Å². The van der Waals surface area contributed by atoms with Crippen LogP contribution in [0.4, 0.5) is 0 Å². The maximum atomic E-state index is 2.61. The van der Waals surface area contributed by atoms with Crippen LogP contribution in [-0.4, -0.2) is 0 Å². The lowest BCUT2D eigenvalue weighted by molar-refractivity contribution is -0.452. The first kappa shape index (κ1) is 18.3. The average Bonchev–Trinajstić information content (AvgIpc) is 2.33. The maximum absolute atomic E-state index is 2.61. The van der Waals surface area contributed by atoms with E-state index in [0.29, 0.717) is 21.7 Å². The van der Waals surface area contributed by atoms with Gasteiger partial charge in [0.2, 0.25) is 0 Å². The molecule has 0 bridgehead atoms. The Labute approximate surface area is 140 Å². The fourth-order valence-corrected chi connectivity index (χ4v) is 8.06. The van der Waals surface area contributed by atoms with Gasteiger partial charge in [-0.2, -0.15) is 0 Å². The van der Waals surface area contributed by atoms with Crippen LogP contribution in [-0.2, 0) is 0 Å². The van der Waals surface area contributed by atoms with Gasteiger partial charge in [-0.25, -0.2) is 0 Å². The van der Waals surface area contributed by atoms with Gasteiger partial charge in [0.05, 0.1) is 0 Å². The summed E-state index contributed by atoms with van der Waals surface area (Å²) in [7, 11) is 0. The second kappa shape index (κ2) is 3.65. The molecule has 0 aromatic heterocycles. The molecule has 0 spiro atoms. The van der Waals surface area contributed by atoms with Crippen LogP contribution in [0.25, 0.3) is 0 Å². The molecule has 2 saturated carbocycles. The van der Waals surface area contributed by atoms with E-state index in [-0.39, 0.29) is 21.7 Å². The third kappa shape index (κ3) is 1.10. The molecule has 0 aromatic rings. The number of fused-ring (bicyclic) bond motifs is 1. The second-order valence-corrected chi connectivity index (χ2v) is 12.0. The van der Waals surface area contributed by atoms with Crippen molar-refractivity contribution in [3.63, 3.8) is 0 Å². The topological polar surface area (TPSA) is 0 Å². The fraction of sp³-hybridized carbons (Fsp3) is 1.00. The van der Waals surface area contributed by atoms with Gasteiger partial charge >= 0.3 is 0 Å². The van der Waals surface area contributed by atoms with Crippen molar-refractivity contribution in [2.75, 3.05) is 0 Å². The molecule has 0 nitrogen and oxygen atoms in total. The normalized spacial score (nSPS) is 45.5. The van der Waals surface area contributed by atoms with E-state index in [4.69, 9.17) is 0 Å². The predicted molar refractivity (Wildman–Crippen MR) is 98.9 cm³/mol. The van der Waals surface area contributed by atoms with E-state index in [1.165, 1.54) is 0 Å². The zero-order chi connectivity index (χ0) is 18.0. The highest BCUT2D eigenvalue weighted by Gasteiger charge is 2.88. The van der Waals surface area contributed by atoms with Crippen LogP contribution in [0.3, 0.4) is 0 Å². The van der Waals surface area contributed by atoms with E-state index in [9.17, 15) is 0 Å². The van der Waals surface area contributed by atoms with E-state index >= 15 is 0 Å². The maximum Gasteiger partial charge on any atom is -0.0148 e. The minimum atomic E-state index is 0.269. The molecule has 0 aliphatic heterocycles. The summed E-state index contributed by atoms with van der Waals surface area (Å²) in [5, 5.41) is 0. The van der Waals surface area contributed by atoms with Crippen LogP contribution in [0.5, 0.6) is 0 Å². The molecular formula is C22H42. The lowest BCUT2D eigenvalue weighted by Gasteiger charge is -2.92. The van der Waals surface area contributed by atoms with Crippen LogP contribution >= 0.6 is 0 Å². The molecule has 0 aromatic carbocycles. The molecule has 2 aliphatic rings. The molecule has 22 heavy (non-hydrogen) atoms. The Kier molecular flexibility index (Phi) is 3.04. The molecular weight excluding hydrogens is 264 g/mol. The molecule has 2 unspecified atom stereocenters. The van der Waals surface area contributed by atoms with Crippen LogP contribution in [0.1, 0.15) is 96.9 Å². The molecule has 130 valence electrons. The Morgan fingerprint density at radius 2 is 0.364 bits per heavy atom. The van der Waals surface area contributed by atoms with Crippen LogP contribution in [0, 0.1) is 43.3 Å². The molecule has 2 aliphatic carbocycles. The van der Waals surface area contributed by atoms with Gasteiger partial charge in [0.1, 0.15) is 0 Å². The quantitative estimate of drug-likeness (QED) is 0.444.